The number of aryl methyl sites for hydroxylation is 1. The van der Waals surface area contributed by atoms with Crippen molar-refractivity contribution in [3.63, 3.8) is 0 Å². The van der Waals surface area contributed by atoms with Crippen molar-refractivity contribution in [2.75, 3.05) is 23.3 Å². The van der Waals surface area contributed by atoms with Crippen molar-refractivity contribution in [1.82, 2.24) is 0 Å². The Balaban J connectivity index is 1.92. The summed E-state index contributed by atoms with van der Waals surface area (Å²) in [4.78, 5) is 12.8. The Morgan fingerprint density at radius 1 is 1.03 bits per heavy atom. The summed E-state index contributed by atoms with van der Waals surface area (Å²) < 4.78 is 32.8. The van der Waals surface area contributed by atoms with Gasteiger partial charge >= 0.3 is 0 Å². The quantitative estimate of drug-likeness (QED) is 0.582. The van der Waals surface area contributed by atoms with Gasteiger partial charge in [-0.2, -0.15) is 0 Å². The fraction of sp³-hybridized carbons (Fsp3) is 0.136. The molecule has 0 spiro atoms. The molecule has 1 N–H and O–H groups in total. The fourth-order valence-electron chi connectivity index (χ4n) is 2.79. The Hall–Kier alpha value is -3.03. The van der Waals surface area contributed by atoms with Crippen molar-refractivity contribution in [2.24, 2.45) is 0 Å². The number of hydrogen-bond acceptors (Lipinski definition) is 4. The van der Waals surface area contributed by atoms with Crippen LogP contribution in [0.3, 0.4) is 0 Å². The van der Waals surface area contributed by atoms with E-state index >= 15 is 0 Å². The number of nitrogens with one attached hydrogen (secondary N) is 1. The topological polar surface area (TPSA) is 75.7 Å². The van der Waals surface area contributed by atoms with Crippen molar-refractivity contribution < 1.29 is 17.9 Å². The molecular formula is C22H21ClN2O4S. The Kier molecular flexibility index (Phi) is 6.64. The number of sulfonamides is 1. The number of ether oxygens (including phenoxy) is 1. The number of anilines is 2. The van der Waals surface area contributed by atoms with E-state index in [-0.39, 0.29) is 4.90 Å². The van der Waals surface area contributed by atoms with E-state index in [1.54, 1.807) is 60.7 Å². The second kappa shape index (κ2) is 9.19. The van der Waals surface area contributed by atoms with Gasteiger partial charge in [0.15, 0.2) is 0 Å². The molecule has 0 saturated heterocycles. The van der Waals surface area contributed by atoms with Crippen molar-refractivity contribution in [2.45, 2.75) is 11.8 Å². The third kappa shape index (κ3) is 5.11. The lowest BCUT2D eigenvalue weighted by Gasteiger charge is -2.24. The number of methoxy groups -OCH3 is 1. The normalized spacial score (nSPS) is 11.0. The molecule has 0 heterocycles. The number of hydrogen-bond donors (Lipinski definition) is 1. The predicted octanol–water partition coefficient (Wildman–Crippen LogP) is 4.49. The maximum atomic E-state index is 13.3. The molecule has 0 unspecified atom stereocenters. The average molecular weight is 445 g/mol. The Morgan fingerprint density at radius 3 is 2.33 bits per heavy atom. The molecule has 1 amide bonds. The molecule has 0 aromatic heterocycles. The minimum absolute atomic E-state index is 0.0947. The summed E-state index contributed by atoms with van der Waals surface area (Å²) >= 11 is 5.95. The van der Waals surface area contributed by atoms with Crippen molar-refractivity contribution in [1.29, 1.82) is 0 Å². The number of carbonyl (C=O) groups is 1. The van der Waals surface area contributed by atoms with Gasteiger partial charge in [-0.05, 0) is 55.5 Å². The first-order chi connectivity index (χ1) is 14.3. The molecule has 0 aliphatic heterocycles. The lowest BCUT2D eigenvalue weighted by molar-refractivity contribution is -0.114. The largest absolute Gasteiger partial charge is 0.497 e. The molecule has 0 bridgehead atoms. The molecular weight excluding hydrogens is 424 g/mol. The molecule has 30 heavy (non-hydrogen) atoms. The third-order valence-electron chi connectivity index (χ3n) is 4.36. The first-order valence-corrected chi connectivity index (χ1v) is 10.9. The van der Waals surface area contributed by atoms with Gasteiger partial charge in [-0.3, -0.25) is 9.10 Å². The molecule has 0 aliphatic rings. The zero-order valence-electron chi connectivity index (χ0n) is 16.5. The zero-order valence-corrected chi connectivity index (χ0v) is 18.1. The highest BCUT2D eigenvalue weighted by molar-refractivity contribution is 7.92. The van der Waals surface area contributed by atoms with Gasteiger partial charge in [0.05, 0.1) is 17.7 Å². The van der Waals surface area contributed by atoms with Gasteiger partial charge in [-0.25, -0.2) is 8.42 Å². The summed E-state index contributed by atoms with van der Waals surface area (Å²) in [7, 11) is -2.45. The molecule has 0 atom stereocenters. The van der Waals surface area contributed by atoms with Crippen LogP contribution in [0.25, 0.3) is 0 Å². The molecule has 3 aromatic rings. The van der Waals surface area contributed by atoms with Crippen LogP contribution in [0.15, 0.2) is 77.7 Å². The molecule has 3 aromatic carbocycles. The number of halogens is 1. The second-order valence-corrected chi connectivity index (χ2v) is 8.88. The van der Waals surface area contributed by atoms with Gasteiger partial charge in [0.25, 0.3) is 10.0 Å². The van der Waals surface area contributed by atoms with Gasteiger partial charge in [0.1, 0.15) is 12.3 Å². The Labute approximate surface area is 181 Å². The lowest BCUT2D eigenvalue weighted by Crippen LogP contribution is -2.38. The molecule has 0 aliphatic carbocycles. The summed E-state index contributed by atoms with van der Waals surface area (Å²) in [5.41, 5.74) is 1.77. The number of nitrogens with zero attached hydrogens (tertiary/aromatic N) is 1. The van der Waals surface area contributed by atoms with E-state index < -0.39 is 22.5 Å². The predicted molar refractivity (Wildman–Crippen MR) is 119 cm³/mol. The van der Waals surface area contributed by atoms with E-state index in [0.29, 0.717) is 22.1 Å². The number of carbonyl (C=O) groups excluding carboxylic acids is 1. The van der Waals surface area contributed by atoms with Gasteiger partial charge in [0.2, 0.25) is 5.91 Å². The minimum Gasteiger partial charge on any atom is -0.497 e. The monoisotopic (exact) mass is 444 g/mol. The standard InChI is InChI=1S/C22H21ClN2O4S/c1-16-6-12-21(13-7-16)30(27,28)25(19-10-8-17(23)9-11-19)15-22(26)24-18-4-3-5-20(14-18)29-2/h3-14H,15H2,1-2H3,(H,24,26). The summed E-state index contributed by atoms with van der Waals surface area (Å²) in [6.45, 7) is 1.46. The number of benzene rings is 3. The SMILES string of the molecule is COc1cccc(NC(=O)CN(c2ccc(Cl)cc2)S(=O)(=O)c2ccc(C)cc2)c1. The first-order valence-electron chi connectivity index (χ1n) is 9.08. The van der Waals surface area contributed by atoms with E-state index in [9.17, 15) is 13.2 Å². The molecule has 0 fully saturated rings. The van der Waals surface area contributed by atoms with E-state index in [0.717, 1.165) is 9.87 Å². The molecule has 0 radical (unpaired) electrons. The van der Waals surface area contributed by atoms with Crippen LogP contribution < -0.4 is 14.4 Å². The van der Waals surface area contributed by atoms with Crippen LogP contribution in [-0.2, 0) is 14.8 Å². The van der Waals surface area contributed by atoms with Crippen LogP contribution in [0.1, 0.15) is 5.56 Å². The van der Waals surface area contributed by atoms with E-state index in [4.69, 9.17) is 16.3 Å². The molecule has 3 rings (SSSR count). The number of rotatable bonds is 7. The molecule has 6 nitrogen and oxygen atoms in total. The highest BCUT2D eigenvalue weighted by atomic mass is 35.5. The zero-order chi connectivity index (χ0) is 21.7. The first kappa shape index (κ1) is 21.7. The molecule has 0 saturated carbocycles. The molecule has 156 valence electrons. The lowest BCUT2D eigenvalue weighted by atomic mass is 10.2. The van der Waals surface area contributed by atoms with Crippen LogP contribution in [0.4, 0.5) is 11.4 Å². The van der Waals surface area contributed by atoms with Gasteiger partial charge in [-0.1, -0.05) is 35.4 Å². The van der Waals surface area contributed by atoms with E-state index in [1.165, 1.54) is 19.2 Å². The third-order valence-corrected chi connectivity index (χ3v) is 6.40. The van der Waals surface area contributed by atoms with Crippen molar-refractivity contribution in [3.8, 4) is 5.75 Å². The van der Waals surface area contributed by atoms with E-state index in [2.05, 4.69) is 5.32 Å². The smallest absolute Gasteiger partial charge is 0.264 e. The Morgan fingerprint density at radius 2 is 1.70 bits per heavy atom. The summed E-state index contributed by atoms with van der Waals surface area (Å²) in [5, 5.41) is 3.17. The van der Waals surface area contributed by atoms with Crippen LogP contribution in [0.2, 0.25) is 5.02 Å². The Bertz CT molecular complexity index is 1130. The van der Waals surface area contributed by atoms with Gasteiger partial charge in [-0.15, -0.1) is 0 Å². The average Bonchev–Trinajstić information content (AvgIpc) is 2.73. The summed E-state index contributed by atoms with van der Waals surface area (Å²) in [6, 6.07) is 19.6. The minimum atomic E-state index is -3.98. The fourth-order valence-corrected chi connectivity index (χ4v) is 4.34. The van der Waals surface area contributed by atoms with Crippen LogP contribution in [0.5, 0.6) is 5.75 Å². The molecule has 8 heteroatoms. The highest BCUT2D eigenvalue weighted by Crippen LogP contribution is 2.26. The highest BCUT2D eigenvalue weighted by Gasteiger charge is 2.27. The van der Waals surface area contributed by atoms with Crippen LogP contribution in [-0.4, -0.2) is 28.0 Å². The van der Waals surface area contributed by atoms with Gasteiger partial charge < -0.3 is 10.1 Å². The summed E-state index contributed by atoms with van der Waals surface area (Å²) in [6.07, 6.45) is 0. The number of amides is 1. The maximum Gasteiger partial charge on any atom is 0.264 e. The van der Waals surface area contributed by atoms with Gasteiger partial charge in [0, 0.05) is 16.8 Å². The van der Waals surface area contributed by atoms with E-state index in [1.807, 2.05) is 6.92 Å². The van der Waals surface area contributed by atoms with Crippen LogP contribution in [0, 0.1) is 6.92 Å². The summed E-state index contributed by atoms with van der Waals surface area (Å²) in [5.74, 6) is 0.0866. The van der Waals surface area contributed by atoms with Crippen LogP contribution >= 0.6 is 11.6 Å². The van der Waals surface area contributed by atoms with Crippen molar-refractivity contribution in [3.05, 3.63) is 83.4 Å². The van der Waals surface area contributed by atoms with Crippen molar-refractivity contribution >= 4 is 38.9 Å². The second-order valence-electron chi connectivity index (χ2n) is 6.58. The maximum absolute atomic E-state index is 13.3.